The first-order valence-corrected chi connectivity index (χ1v) is 6.36. The van der Waals surface area contributed by atoms with Crippen molar-refractivity contribution in [2.45, 2.75) is 19.8 Å². The smallest absolute Gasteiger partial charge is 0.169 e. The number of ether oxygens (including phenoxy) is 1. The normalized spacial score (nSPS) is 20.8. The Bertz CT molecular complexity index is 395. The zero-order chi connectivity index (χ0) is 11.5. The van der Waals surface area contributed by atoms with Crippen molar-refractivity contribution < 1.29 is 9.53 Å². The Morgan fingerprint density at radius 1 is 1.50 bits per heavy atom. The van der Waals surface area contributed by atoms with Gasteiger partial charge in [-0.25, -0.2) is 0 Å². The second-order valence-corrected chi connectivity index (χ2v) is 5.01. The number of aryl methyl sites for hydroxylation is 1. The van der Waals surface area contributed by atoms with Gasteiger partial charge in [0.15, 0.2) is 5.78 Å². The van der Waals surface area contributed by atoms with E-state index in [1.807, 2.05) is 25.1 Å². The van der Waals surface area contributed by atoms with E-state index >= 15 is 0 Å². The Balaban J connectivity index is 2.22. The summed E-state index contributed by atoms with van der Waals surface area (Å²) in [6, 6.07) is 5.81. The summed E-state index contributed by atoms with van der Waals surface area (Å²) in [5, 5.41) is 0. The average Bonchev–Trinajstić information content (AvgIpc) is 2.33. The molecule has 1 aliphatic rings. The largest absolute Gasteiger partial charge is 0.381 e. The number of halogens is 1. The van der Waals surface area contributed by atoms with Gasteiger partial charge in [0.05, 0.1) is 6.61 Å². The molecule has 1 fully saturated rings. The van der Waals surface area contributed by atoms with Crippen LogP contribution < -0.4 is 0 Å². The van der Waals surface area contributed by atoms with Crippen LogP contribution in [0.15, 0.2) is 22.7 Å². The van der Waals surface area contributed by atoms with Crippen molar-refractivity contribution in [3.05, 3.63) is 33.8 Å². The highest BCUT2D eigenvalue weighted by atomic mass is 79.9. The molecule has 16 heavy (non-hydrogen) atoms. The quantitative estimate of drug-likeness (QED) is 0.778. The zero-order valence-electron chi connectivity index (χ0n) is 9.33. The lowest BCUT2D eigenvalue weighted by molar-refractivity contribution is 0.0461. The molecule has 1 aliphatic heterocycles. The van der Waals surface area contributed by atoms with Crippen LogP contribution in [-0.2, 0) is 4.74 Å². The second-order valence-electron chi connectivity index (χ2n) is 4.21. The molecule has 1 atom stereocenters. The van der Waals surface area contributed by atoms with Crippen LogP contribution in [0.3, 0.4) is 0 Å². The molecule has 86 valence electrons. The predicted octanol–water partition coefficient (Wildman–Crippen LogP) is 3.37. The summed E-state index contributed by atoms with van der Waals surface area (Å²) in [6.07, 6.45) is 1.93. The lowest BCUT2D eigenvalue weighted by atomic mass is 9.92. The minimum atomic E-state index is 0.0341. The van der Waals surface area contributed by atoms with Gasteiger partial charge in [-0.2, -0.15) is 0 Å². The van der Waals surface area contributed by atoms with Crippen molar-refractivity contribution in [3.8, 4) is 0 Å². The third kappa shape index (κ3) is 2.36. The van der Waals surface area contributed by atoms with E-state index in [-0.39, 0.29) is 11.7 Å². The van der Waals surface area contributed by atoms with Crippen molar-refractivity contribution in [2.75, 3.05) is 13.2 Å². The molecule has 1 aromatic carbocycles. The Morgan fingerprint density at radius 2 is 2.31 bits per heavy atom. The highest BCUT2D eigenvalue weighted by Gasteiger charge is 2.24. The number of rotatable bonds is 2. The van der Waals surface area contributed by atoms with Gasteiger partial charge in [-0.05, 0) is 41.3 Å². The molecule has 0 amide bonds. The number of carbonyl (C=O) groups excluding carboxylic acids is 1. The van der Waals surface area contributed by atoms with Crippen molar-refractivity contribution in [1.82, 2.24) is 0 Å². The summed E-state index contributed by atoms with van der Waals surface area (Å²) in [5.74, 6) is 0.238. The molecule has 2 rings (SSSR count). The molecule has 0 bridgehead atoms. The molecular formula is C13H15BrO2. The number of ketones is 1. The van der Waals surface area contributed by atoms with Gasteiger partial charge in [-0.3, -0.25) is 4.79 Å². The molecule has 0 spiro atoms. The Labute approximate surface area is 104 Å². The summed E-state index contributed by atoms with van der Waals surface area (Å²) in [7, 11) is 0. The molecule has 1 unspecified atom stereocenters. The fraction of sp³-hybridized carbons (Fsp3) is 0.462. The molecule has 2 nitrogen and oxygen atoms in total. The maximum Gasteiger partial charge on any atom is 0.169 e. The number of hydrogen-bond acceptors (Lipinski definition) is 2. The first kappa shape index (κ1) is 11.8. The van der Waals surface area contributed by atoms with Crippen molar-refractivity contribution in [1.29, 1.82) is 0 Å². The highest BCUT2D eigenvalue weighted by molar-refractivity contribution is 9.10. The number of carbonyl (C=O) groups is 1. The van der Waals surface area contributed by atoms with E-state index in [9.17, 15) is 4.79 Å². The summed E-state index contributed by atoms with van der Waals surface area (Å²) < 4.78 is 6.28. The third-order valence-electron chi connectivity index (χ3n) is 2.99. The van der Waals surface area contributed by atoms with Crippen molar-refractivity contribution in [2.24, 2.45) is 5.92 Å². The first-order valence-electron chi connectivity index (χ1n) is 5.57. The molecular weight excluding hydrogens is 268 g/mol. The van der Waals surface area contributed by atoms with Gasteiger partial charge >= 0.3 is 0 Å². The maximum absolute atomic E-state index is 12.3. The molecule has 0 radical (unpaired) electrons. The standard InChI is InChI=1S/C13H15BrO2/c1-9-4-2-6-11(12(9)14)13(15)10-5-3-7-16-8-10/h2,4,6,10H,3,5,7-8H2,1H3. The summed E-state index contributed by atoms with van der Waals surface area (Å²) in [5.41, 5.74) is 1.89. The van der Waals surface area contributed by atoms with Gasteiger partial charge in [0.1, 0.15) is 0 Å². The van der Waals surface area contributed by atoms with E-state index < -0.39 is 0 Å². The van der Waals surface area contributed by atoms with Gasteiger partial charge in [-0.1, -0.05) is 18.2 Å². The van der Waals surface area contributed by atoms with Gasteiger partial charge in [-0.15, -0.1) is 0 Å². The average molecular weight is 283 g/mol. The SMILES string of the molecule is Cc1cccc(C(=O)C2CCCOC2)c1Br. The van der Waals surface area contributed by atoms with Crippen LogP contribution in [0, 0.1) is 12.8 Å². The number of benzene rings is 1. The fourth-order valence-corrected chi connectivity index (χ4v) is 2.46. The van der Waals surface area contributed by atoms with E-state index in [1.165, 1.54) is 0 Å². The Kier molecular flexibility index (Phi) is 3.77. The molecule has 3 heteroatoms. The van der Waals surface area contributed by atoms with Crippen LogP contribution in [0.1, 0.15) is 28.8 Å². The molecule has 1 saturated heterocycles. The summed E-state index contributed by atoms with van der Waals surface area (Å²) in [4.78, 5) is 12.3. The molecule has 1 heterocycles. The Morgan fingerprint density at radius 3 is 3.00 bits per heavy atom. The van der Waals surface area contributed by atoms with Crippen molar-refractivity contribution >= 4 is 21.7 Å². The lowest BCUT2D eigenvalue weighted by Gasteiger charge is -2.21. The van der Waals surface area contributed by atoms with Crippen LogP contribution >= 0.6 is 15.9 Å². The number of hydrogen-bond donors (Lipinski definition) is 0. The Hall–Kier alpha value is -0.670. The van der Waals surface area contributed by atoms with E-state index in [2.05, 4.69) is 15.9 Å². The minimum Gasteiger partial charge on any atom is -0.381 e. The summed E-state index contributed by atoms with van der Waals surface area (Å²) >= 11 is 3.49. The zero-order valence-corrected chi connectivity index (χ0v) is 10.9. The van der Waals surface area contributed by atoms with Gasteiger partial charge in [0, 0.05) is 22.6 Å². The maximum atomic E-state index is 12.3. The lowest BCUT2D eigenvalue weighted by Crippen LogP contribution is -2.25. The molecule has 0 N–H and O–H groups in total. The molecule has 0 saturated carbocycles. The summed E-state index contributed by atoms with van der Waals surface area (Å²) in [6.45, 7) is 3.36. The molecule has 1 aromatic rings. The van der Waals surface area contributed by atoms with Gasteiger partial charge < -0.3 is 4.74 Å². The van der Waals surface area contributed by atoms with Gasteiger partial charge in [0.2, 0.25) is 0 Å². The van der Waals surface area contributed by atoms with E-state index in [0.29, 0.717) is 6.61 Å². The second kappa shape index (κ2) is 5.11. The molecule has 0 aromatic heterocycles. The van der Waals surface area contributed by atoms with Crippen molar-refractivity contribution in [3.63, 3.8) is 0 Å². The third-order valence-corrected chi connectivity index (χ3v) is 4.04. The van der Waals surface area contributed by atoms with Crippen LogP contribution in [0.2, 0.25) is 0 Å². The topological polar surface area (TPSA) is 26.3 Å². The van der Waals surface area contributed by atoms with Crippen LogP contribution in [0.25, 0.3) is 0 Å². The van der Waals surface area contributed by atoms with Crippen LogP contribution in [-0.4, -0.2) is 19.0 Å². The highest BCUT2D eigenvalue weighted by Crippen LogP contribution is 2.26. The van der Waals surface area contributed by atoms with E-state index in [1.54, 1.807) is 0 Å². The van der Waals surface area contributed by atoms with E-state index in [0.717, 1.165) is 35.0 Å². The monoisotopic (exact) mass is 282 g/mol. The van der Waals surface area contributed by atoms with Crippen LogP contribution in [0.4, 0.5) is 0 Å². The van der Waals surface area contributed by atoms with Gasteiger partial charge in [0.25, 0.3) is 0 Å². The van der Waals surface area contributed by atoms with E-state index in [4.69, 9.17) is 4.74 Å². The van der Waals surface area contributed by atoms with Crippen LogP contribution in [0.5, 0.6) is 0 Å². The first-order chi connectivity index (χ1) is 7.70. The minimum absolute atomic E-state index is 0.0341. The predicted molar refractivity (Wildman–Crippen MR) is 66.8 cm³/mol. The molecule has 0 aliphatic carbocycles. The fourth-order valence-electron chi connectivity index (χ4n) is 2.01. The number of Topliss-reactive ketones (excluding diaryl/α,β-unsaturated/α-hetero) is 1.